The molecule has 4 heteroatoms. The van der Waals surface area contributed by atoms with Gasteiger partial charge >= 0.3 is 0 Å². The summed E-state index contributed by atoms with van der Waals surface area (Å²) < 4.78 is 6.08. The highest BCUT2D eigenvalue weighted by Gasteiger charge is 2.13. The van der Waals surface area contributed by atoms with E-state index in [1.165, 1.54) is 0 Å². The minimum atomic E-state index is -0.0718. The first-order chi connectivity index (χ1) is 9.11. The molecule has 2 rings (SSSR count). The van der Waals surface area contributed by atoms with Gasteiger partial charge in [0, 0.05) is 20.6 Å². The molecule has 0 N–H and O–H groups in total. The molecule has 0 bridgehead atoms. The first-order valence-corrected chi connectivity index (χ1v) is 7.01. The molecular weight excluding hydrogens is 328 g/mol. The standard InChI is InChI=1S/C15H12BrClO2/c1-2-19-12-6-3-10(4-7-12)15(18)13-9-11(17)5-8-14(13)16/h3-9H,2H2,1H3. The molecule has 2 nitrogen and oxygen atoms in total. The number of carbonyl (C=O) groups is 1. The predicted molar refractivity (Wildman–Crippen MR) is 80.2 cm³/mol. The van der Waals surface area contributed by atoms with Crippen molar-refractivity contribution < 1.29 is 9.53 Å². The van der Waals surface area contributed by atoms with Crippen molar-refractivity contribution in [2.45, 2.75) is 6.92 Å². The smallest absolute Gasteiger partial charge is 0.194 e. The van der Waals surface area contributed by atoms with E-state index >= 15 is 0 Å². The van der Waals surface area contributed by atoms with Gasteiger partial charge in [-0.1, -0.05) is 27.5 Å². The number of ketones is 1. The first kappa shape index (κ1) is 14.1. The minimum Gasteiger partial charge on any atom is -0.494 e. The van der Waals surface area contributed by atoms with Gasteiger partial charge in [-0.25, -0.2) is 0 Å². The van der Waals surface area contributed by atoms with E-state index < -0.39 is 0 Å². The summed E-state index contributed by atoms with van der Waals surface area (Å²) in [6.45, 7) is 2.52. The third-order valence-corrected chi connectivity index (χ3v) is 3.53. The van der Waals surface area contributed by atoms with E-state index in [9.17, 15) is 4.79 Å². The van der Waals surface area contributed by atoms with Gasteiger partial charge in [0.1, 0.15) is 5.75 Å². The number of benzene rings is 2. The Morgan fingerprint density at radius 1 is 1.21 bits per heavy atom. The molecule has 0 radical (unpaired) electrons. The summed E-state index contributed by atoms with van der Waals surface area (Å²) in [6, 6.07) is 12.2. The summed E-state index contributed by atoms with van der Waals surface area (Å²) in [5.41, 5.74) is 1.16. The third-order valence-electron chi connectivity index (χ3n) is 2.60. The monoisotopic (exact) mass is 338 g/mol. The van der Waals surface area contributed by atoms with Gasteiger partial charge in [-0.3, -0.25) is 4.79 Å². The number of hydrogen-bond acceptors (Lipinski definition) is 2. The molecule has 0 atom stereocenters. The van der Waals surface area contributed by atoms with Gasteiger partial charge in [-0.05, 0) is 49.4 Å². The second kappa shape index (κ2) is 6.22. The van der Waals surface area contributed by atoms with E-state index in [4.69, 9.17) is 16.3 Å². The van der Waals surface area contributed by atoms with Crippen molar-refractivity contribution in [3.8, 4) is 5.75 Å². The van der Waals surface area contributed by atoms with Crippen molar-refractivity contribution in [2.75, 3.05) is 6.61 Å². The van der Waals surface area contributed by atoms with Crippen LogP contribution in [0.1, 0.15) is 22.8 Å². The van der Waals surface area contributed by atoms with Crippen LogP contribution in [0.4, 0.5) is 0 Å². The summed E-state index contributed by atoms with van der Waals surface area (Å²) in [7, 11) is 0. The van der Waals surface area contributed by atoms with Gasteiger partial charge in [0.25, 0.3) is 0 Å². The zero-order valence-corrected chi connectivity index (χ0v) is 12.7. The molecule has 98 valence electrons. The molecule has 2 aromatic carbocycles. The Morgan fingerprint density at radius 2 is 1.89 bits per heavy atom. The van der Waals surface area contributed by atoms with Crippen molar-refractivity contribution >= 4 is 33.3 Å². The molecule has 0 unspecified atom stereocenters. The first-order valence-electron chi connectivity index (χ1n) is 5.84. The van der Waals surface area contributed by atoms with Crippen LogP contribution in [0.25, 0.3) is 0 Å². The Morgan fingerprint density at radius 3 is 2.53 bits per heavy atom. The Kier molecular flexibility index (Phi) is 4.61. The van der Waals surface area contributed by atoms with E-state index in [0.29, 0.717) is 22.8 Å². The Labute approximate surface area is 125 Å². The lowest BCUT2D eigenvalue weighted by Gasteiger charge is -2.06. The lowest BCUT2D eigenvalue weighted by Crippen LogP contribution is -2.02. The fourth-order valence-electron chi connectivity index (χ4n) is 1.70. The average molecular weight is 340 g/mol. The summed E-state index contributed by atoms with van der Waals surface area (Å²) in [4.78, 5) is 12.4. The second-order valence-corrected chi connectivity index (χ2v) is 5.20. The molecule has 0 fully saturated rings. The van der Waals surface area contributed by atoms with Crippen LogP contribution in [-0.2, 0) is 0 Å². The number of rotatable bonds is 4. The third kappa shape index (κ3) is 3.37. The summed E-state index contributed by atoms with van der Waals surface area (Å²) in [5, 5.41) is 0.539. The average Bonchev–Trinajstić information content (AvgIpc) is 2.42. The largest absolute Gasteiger partial charge is 0.494 e. The van der Waals surface area contributed by atoms with E-state index in [0.717, 1.165) is 10.2 Å². The Hall–Kier alpha value is -1.32. The molecule has 0 amide bonds. The van der Waals surface area contributed by atoms with Crippen molar-refractivity contribution in [3.63, 3.8) is 0 Å². The van der Waals surface area contributed by atoms with Crippen LogP contribution >= 0.6 is 27.5 Å². The Bertz CT molecular complexity index is 594. The van der Waals surface area contributed by atoms with Gasteiger partial charge in [-0.15, -0.1) is 0 Å². The summed E-state index contributed by atoms with van der Waals surface area (Å²) >= 11 is 9.29. The molecule has 0 saturated carbocycles. The maximum Gasteiger partial charge on any atom is 0.194 e. The fourth-order valence-corrected chi connectivity index (χ4v) is 2.29. The molecule has 0 saturated heterocycles. The SMILES string of the molecule is CCOc1ccc(C(=O)c2cc(Cl)ccc2Br)cc1. The molecule has 0 heterocycles. The van der Waals surface area contributed by atoms with E-state index in [-0.39, 0.29) is 5.78 Å². The van der Waals surface area contributed by atoms with Crippen molar-refractivity contribution in [3.05, 3.63) is 63.1 Å². The van der Waals surface area contributed by atoms with Crippen LogP contribution < -0.4 is 4.74 Å². The Balaban J connectivity index is 2.30. The number of ether oxygens (including phenoxy) is 1. The van der Waals surface area contributed by atoms with Crippen LogP contribution in [0.2, 0.25) is 5.02 Å². The zero-order chi connectivity index (χ0) is 13.8. The quantitative estimate of drug-likeness (QED) is 0.753. The lowest BCUT2D eigenvalue weighted by molar-refractivity contribution is 0.103. The van der Waals surface area contributed by atoms with Crippen LogP contribution in [-0.4, -0.2) is 12.4 Å². The van der Waals surface area contributed by atoms with Gasteiger partial charge in [0.15, 0.2) is 5.78 Å². The highest BCUT2D eigenvalue weighted by molar-refractivity contribution is 9.10. The van der Waals surface area contributed by atoms with Gasteiger partial charge in [-0.2, -0.15) is 0 Å². The van der Waals surface area contributed by atoms with E-state index in [1.54, 1.807) is 42.5 Å². The van der Waals surface area contributed by atoms with Crippen LogP contribution in [0.15, 0.2) is 46.9 Å². The highest BCUT2D eigenvalue weighted by atomic mass is 79.9. The fraction of sp³-hybridized carbons (Fsp3) is 0.133. The van der Waals surface area contributed by atoms with Crippen molar-refractivity contribution in [1.82, 2.24) is 0 Å². The van der Waals surface area contributed by atoms with Gasteiger partial charge in [0.2, 0.25) is 0 Å². The summed E-state index contributed by atoms with van der Waals surface area (Å²) in [6.07, 6.45) is 0. The van der Waals surface area contributed by atoms with Crippen LogP contribution in [0, 0.1) is 0 Å². The van der Waals surface area contributed by atoms with E-state index in [2.05, 4.69) is 15.9 Å². The van der Waals surface area contributed by atoms with Gasteiger partial charge in [0.05, 0.1) is 6.61 Å². The molecule has 0 aliphatic carbocycles. The molecule has 0 aliphatic heterocycles. The molecule has 19 heavy (non-hydrogen) atoms. The molecule has 0 aromatic heterocycles. The molecule has 0 aliphatic rings. The maximum absolute atomic E-state index is 12.4. The van der Waals surface area contributed by atoms with Crippen molar-refractivity contribution in [2.24, 2.45) is 0 Å². The normalized spacial score (nSPS) is 10.3. The molecular formula is C15H12BrClO2. The van der Waals surface area contributed by atoms with E-state index in [1.807, 2.05) is 6.92 Å². The molecule has 2 aromatic rings. The van der Waals surface area contributed by atoms with Gasteiger partial charge < -0.3 is 4.74 Å². The zero-order valence-electron chi connectivity index (χ0n) is 10.3. The van der Waals surface area contributed by atoms with Crippen LogP contribution in [0.5, 0.6) is 5.75 Å². The topological polar surface area (TPSA) is 26.3 Å². The number of halogens is 2. The van der Waals surface area contributed by atoms with Crippen LogP contribution in [0.3, 0.4) is 0 Å². The number of carbonyl (C=O) groups excluding carboxylic acids is 1. The second-order valence-electron chi connectivity index (χ2n) is 3.91. The lowest BCUT2D eigenvalue weighted by atomic mass is 10.0. The molecule has 0 spiro atoms. The highest BCUT2D eigenvalue weighted by Crippen LogP contribution is 2.24. The number of hydrogen-bond donors (Lipinski definition) is 0. The minimum absolute atomic E-state index is 0.0718. The van der Waals surface area contributed by atoms with Crippen molar-refractivity contribution in [1.29, 1.82) is 0 Å². The maximum atomic E-state index is 12.4. The summed E-state index contributed by atoms with van der Waals surface area (Å²) in [5.74, 6) is 0.682. The predicted octanol–water partition coefficient (Wildman–Crippen LogP) is 4.73.